The van der Waals surface area contributed by atoms with Gasteiger partial charge in [0.15, 0.2) is 21.4 Å². The molecule has 0 amide bonds. The van der Waals surface area contributed by atoms with Crippen molar-refractivity contribution < 1.29 is 41.0 Å². The van der Waals surface area contributed by atoms with Crippen molar-refractivity contribution >= 4 is 26.7 Å². The van der Waals surface area contributed by atoms with E-state index in [9.17, 15) is 22.7 Å². The van der Waals surface area contributed by atoms with Gasteiger partial charge in [-0.25, -0.2) is 22.2 Å². The highest BCUT2D eigenvalue weighted by molar-refractivity contribution is 7.91. The monoisotopic (exact) mass is 580 g/mol. The molecule has 2 N–H and O–H groups in total. The molecule has 1 atom stereocenters. The number of carboxylic acid groups (broad SMARTS) is 1. The summed E-state index contributed by atoms with van der Waals surface area (Å²) in [6.45, 7) is 2.01. The van der Waals surface area contributed by atoms with Gasteiger partial charge >= 0.3 is 5.97 Å². The topological polar surface area (TPSA) is 132 Å². The van der Waals surface area contributed by atoms with Crippen LogP contribution in [0.4, 0.5) is 8.78 Å². The largest absolute Gasteiger partial charge is 0.492 e. The van der Waals surface area contributed by atoms with Crippen LogP contribution in [-0.2, 0) is 26.5 Å². The van der Waals surface area contributed by atoms with Crippen molar-refractivity contribution in [2.45, 2.75) is 23.7 Å². The number of rotatable bonds is 7. The number of aliphatic carboxylic acids is 1. The van der Waals surface area contributed by atoms with E-state index in [0.29, 0.717) is 17.0 Å². The highest BCUT2D eigenvalue weighted by Crippen LogP contribution is 2.45. The second-order valence-electron chi connectivity index (χ2n) is 9.99. The van der Waals surface area contributed by atoms with Crippen molar-refractivity contribution in [2.75, 3.05) is 12.9 Å². The first-order valence-electron chi connectivity index (χ1n) is 12.4. The Bertz CT molecular complexity index is 1970. The lowest BCUT2D eigenvalue weighted by atomic mass is 9.81. The molecule has 0 fully saturated rings. The van der Waals surface area contributed by atoms with Gasteiger partial charge in [-0.2, -0.15) is 0 Å². The first-order valence-corrected chi connectivity index (χ1v) is 14.3. The van der Waals surface area contributed by atoms with Gasteiger partial charge in [0.2, 0.25) is 5.89 Å². The Balaban J connectivity index is 1.37. The van der Waals surface area contributed by atoms with Gasteiger partial charge < -0.3 is 24.0 Å². The first-order chi connectivity index (χ1) is 19.5. The van der Waals surface area contributed by atoms with Gasteiger partial charge in [-0.3, -0.25) is 4.79 Å². The molecule has 0 spiro atoms. The molecular formula is C29H22F2N2O7S. The van der Waals surface area contributed by atoms with E-state index >= 15 is 4.39 Å². The number of ether oxygens (including phenoxy) is 2. The summed E-state index contributed by atoms with van der Waals surface area (Å²) in [7, 11) is -3.92. The molecule has 1 aliphatic rings. The van der Waals surface area contributed by atoms with Crippen molar-refractivity contribution in [3.8, 4) is 28.7 Å². The highest BCUT2D eigenvalue weighted by Gasteiger charge is 2.42. The number of H-pyrrole nitrogens is 1. The van der Waals surface area contributed by atoms with E-state index in [2.05, 4.69) is 9.97 Å². The summed E-state index contributed by atoms with van der Waals surface area (Å²) in [5, 5.41) is 9.49. The van der Waals surface area contributed by atoms with Crippen LogP contribution < -0.4 is 9.47 Å². The minimum atomic E-state index is -3.92. The number of carboxylic acids is 1. The number of oxazole rings is 1. The predicted octanol–water partition coefficient (Wildman–Crippen LogP) is 5.62. The number of para-hydroxylation sites is 1. The molecule has 210 valence electrons. The Morgan fingerprint density at radius 1 is 1.17 bits per heavy atom. The van der Waals surface area contributed by atoms with E-state index in [0.717, 1.165) is 24.0 Å². The molecule has 1 aliphatic heterocycles. The van der Waals surface area contributed by atoms with Crippen molar-refractivity contribution in [3.63, 3.8) is 0 Å². The van der Waals surface area contributed by atoms with Crippen LogP contribution in [0.1, 0.15) is 23.7 Å². The van der Waals surface area contributed by atoms with Crippen LogP contribution in [0.25, 0.3) is 22.4 Å². The van der Waals surface area contributed by atoms with Crippen LogP contribution in [0.3, 0.4) is 0 Å². The van der Waals surface area contributed by atoms with Gasteiger partial charge in [-0.15, -0.1) is 0 Å². The molecule has 0 bridgehead atoms. The number of hydrogen-bond donors (Lipinski definition) is 2. The van der Waals surface area contributed by atoms with Crippen LogP contribution in [0.15, 0.2) is 70.3 Å². The number of halogens is 2. The Kier molecular flexibility index (Phi) is 6.11. The number of aromatic nitrogens is 2. The van der Waals surface area contributed by atoms with Gasteiger partial charge in [0, 0.05) is 40.5 Å². The first kappa shape index (κ1) is 26.5. The van der Waals surface area contributed by atoms with Gasteiger partial charge in [-0.1, -0.05) is 18.2 Å². The molecule has 12 heteroatoms. The van der Waals surface area contributed by atoms with E-state index in [-0.39, 0.29) is 46.0 Å². The number of benzene rings is 3. The molecule has 0 saturated carbocycles. The molecule has 0 aliphatic carbocycles. The molecular weight excluding hydrogens is 558 g/mol. The normalized spacial score (nSPS) is 16.5. The Morgan fingerprint density at radius 2 is 1.98 bits per heavy atom. The minimum absolute atomic E-state index is 0.0427. The maximum atomic E-state index is 15.1. The summed E-state index contributed by atoms with van der Waals surface area (Å²) in [6.07, 6.45) is 3.59. The quantitative estimate of drug-likeness (QED) is 0.254. The van der Waals surface area contributed by atoms with Gasteiger partial charge in [0.1, 0.15) is 35.1 Å². The Labute approximate surface area is 232 Å². The van der Waals surface area contributed by atoms with Crippen LogP contribution in [0.2, 0.25) is 0 Å². The standard InChI is InChI=1S/C29H22F2N2O7S/c1-29(14-39-25-15(10-24(34)35)4-3-5-19(25)29)23-13-38-28(33-23)18-11-16(6-7-20(18)30)40-26-21(31)12-22-17(8-9-32-22)27(26)41(2,36)37/h3-9,11-13,32H,10,14H2,1-2H3,(H,34,35)/t29-/m1/s1. The Hall–Kier alpha value is -4.71. The molecule has 3 heterocycles. The van der Waals surface area contributed by atoms with E-state index < -0.39 is 38.6 Å². The summed E-state index contributed by atoms with van der Waals surface area (Å²) in [5.41, 5.74) is 1.04. The van der Waals surface area contributed by atoms with Crippen LogP contribution in [0, 0.1) is 11.6 Å². The molecule has 5 aromatic rings. The number of fused-ring (bicyclic) bond motifs is 2. The molecule has 3 aromatic carbocycles. The summed E-state index contributed by atoms with van der Waals surface area (Å²) in [6, 6.07) is 11.4. The number of aromatic amines is 1. The molecule has 0 unspecified atom stereocenters. The van der Waals surface area contributed by atoms with E-state index in [1.54, 1.807) is 12.1 Å². The smallest absolute Gasteiger partial charge is 0.307 e. The number of carbonyl (C=O) groups is 1. The van der Waals surface area contributed by atoms with Crippen molar-refractivity contribution in [1.29, 1.82) is 0 Å². The Morgan fingerprint density at radius 3 is 2.73 bits per heavy atom. The van der Waals surface area contributed by atoms with E-state index in [1.165, 1.54) is 30.7 Å². The molecule has 0 saturated heterocycles. The minimum Gasteiger partial charge on any atom is -0.492 e. The molecule has 6 rings (SSSR count). The maximum absolute atomic E-state index is 15.1. The van der Waals surface area contributed by atoms with Crippen LogP contribution in [-0.4, -0.2) is 42.3 Å². The molecule has 0 radical (unpaired) electrons. The average molecular weight is 581 g/mol. The van der Waals surface area contributed by atoms with Crippen molar-refractivity contribution in [3.05, 3.63) is 89.4 Å². The third kappa shape index (κ3) is 4.49. The lowest BCUT2D eigenvalue weighted by Gasteiger charge is -2.19. The number of hydrogen-bond acceptors (Lipinski definition) is 7. The zero-order valence-electron chi connectivity index (χ0n) is 21.7. The number of nitrogens with one attached hydrogen (secondary N) is 1. The van der Waals surface area contributed by atoms with Crippen LogP contribution >= 0.6 is 0 Å². The second-order valence-corrected chi connectivity index (χ2v) is 11.9. The van der Waals surface area contributed by atoms with Gasteiger partial charge in [0.25, 0.3) is 0 Å². The fourth-order valence-corrected chi connectivity index (χ4v) is 6.14. The second kappa shape index (κ2) is 9.44. The molecule has 9 nitrogen and oxygen atoms in total. The maximum Gasteiger partial charge on any atom is 0.307 e. The zero-order valence-corrected chi connectivity index (χ0v) is 22.5. The molecule has 2 aromatic heterocycles. The summed E-state index contributed by atoms with van der Waals surface area (Å²) in [4.78, 5) is 18.2. The number of sulfone groups is 1. The number of nitrogens with zero attached hydrogens (tertiary/aromatic N) is 1. The highest BCUT2D eigenvalue weighted by atomic mass is 32.2. The SMILES string of the molecule is C[C@@]1(c2coc(-c3cc(Oc4c(F)cc5[nH]ccc5c4S(C)(=O)=O)ccc3F)n2)COc2c(CC(=O)O)cccc21. The molecule has 41 heavy (non-hydrogen) atoms. The summed E-state index contributed by atoms with van der Waals surface area (Å²) < 4.78 is 72.4. The summed E-state index contributed by atoms with van der Waals surface area (Å²) >= 11 is 0. The van der Waals surface area contributed by atoms with Gasteiger partial charge in [0.05, 0.1) is 23.1 Å². The lowest BCUT2D eigenvalue weighted by Crippen LogP contribution is -2.25. The summed E-state index contributed by atoms with van der Waals surface area (Å²) in [5.74, 6) is -2.80. The van der Waals surface area contributed by atoms with Gasteiger partial charge in [-0.05, 0) is 31.2 Å². The average Bonchev–Trinajstić information content (AvgIpc) is 3.65. The fourth-order valence-electron chi connectivity index (χ4n) is 5.08. The van der Waals surface area contributed by atoms with Crippen LogP contribution in [0.5, 0.6) is 17.2 Å². The van der Waals surface area contributed by atoms with Crippen molar-refractivity contribution in [2.24, 2.45) is 0 Å². The third-order valence-corrected chi connectivity index (χ3v) is 8.23. The third-order valence-electron chi connectivity index (χ3n) is 7.08. The van der Waals surface area contributed by atoms with Crippen molar-refractivity contribution in [1.82, 2.24) is 9.97 Å². The van der Waals surface area contributed by atoms with E-state index in [4.69, 9.17) is 13.9 Å². The van der Waals surface area contributed by atoms with E-state index in [1.807, 2.05) is 13.0 Å². The zero-order chi connectivity index (χ0) is 29.1. The predicted molar refractivity (Wildman–Crippen MR) is 143 cm³/mol. The fraction of sp³-hybridized carbons (Fsp3) is 0.172. The lowest BCUT2D eigenvalue weighted by molar-refractivity contribution is -0.136.